The molecule has 1 atom stereocenters. The van der Waals surface area contributed by atoms with Gasteiger partial charge in [-0.3, -0.25) is 0 Å². The van der Waals surface area contributed by atoms with Gasteiger partial charge in [0.2, 0.25) is 0 Å². The largest absolute Gasteiger partial charge is 0.324 e. The Kier molecular flexibility index (Phi) is 4.69. The maximum Gasteiger partial charge on any atom is 0.141 e. The fraction of sp³-hybridized carbons (Fsp3) is 0.143. The summed E-state index contributed by atoms with van der Waals surface area (Å²) in [6.45, 7) is 0. The van der Waals surface area contributed by atoms with Gasteiger partial charge in [-0.2, -0.15) is 0 Å². The van der Waals surface area contributed by atoms with Crippen molar-refractivity contribution in [1.82, 2.24) is 0 Å². The number of benzene rings is 2. The van der Waals surface area contributed by atoms with Gasteiger partial charge in [-0.1, -0.05) is 46.9 Å². The van der Waals surface area contributed by atoms with Crippen LogP contribution in [-0.4, -0.2) is 0 Å². The minimum Gasteiger partial charge on any atom is -0.324 e. The second kappa shape index (κ2) is 6.10. The molecule has 0 amide bonds. The van der Waals surface area contributed by atoms with E-state index in [9.17, 15) is 4.39 Å². The molecule has 0 saturated heterocycles. The van der Waals surface area contributed by atoms with E-state index in [4.69, 9.17) is 40.5 Å². The van der Waals surface area contributed by atoms with Crippen LogP contribution in [0.25, 0.3) is 0 Å². The zero-order valence-corrected chi connectivity index (χ0v) is 12.1. The van der Waals surface area contributed by atoms with Crippen LogP contribution in [0.15, 0.2) is 36.4 Å². The first-order chi connectivity index (χ1) is 8.99. The van der Waals surface area contributed by atoms with Crippen LogP contribution in [0.1, 0.15) is 17.2 Å². The highest BCUT2D eigenvalue weighted by molar-refractivity contribution is 6.36. The molecular weight excluding hydrogens is 308 g/mol. The minimum absolute atomic E-state index is 0.0787. The highest BCUT2D eigenvalue weighted by Crippen LogP contribution is 2.31. The first-order valence-corrected chi connectivity index (χ1v) is 6.76. The van der Waals surface area contributed by atoms with Crippen LogP contribution in [0.5, 0.6) is 0 Å². The molecule has 0 aliphatic carbocycles. The Bertz CT molecular complexity index is 581. The van der Waals surface area contributed by atoms with E-state index < -0.39 is 5.82 Å². The van der Waals surface area contributed by atoms with Crippen LogP contribution in [0.4, 0.5) is 4.39 Å². The predicted molar refractivity (Wildman–Crippen MR) is 78.5 cm³/mol. The monoisotopic (exact) mass is 317 g/mol. The second-order valence-electron chi connectivity index (χ2n) is 4.19. The standard InChI is InChI=1S/C14H11Cl3FN/c15-9-2-1-3-10(16)14(9)13(19)7-8-4-5-12(18)11(17)6-8/h1-6,13H,7,19H2. The van der Waals surface area contributed by atoms with Crippen LogP contribution < -0.4 is 5.73 Å². The molecular formula is C14H11Cl3FN. The molecule has 1 nitrogen and oxygen atoms in total. The van der Waals surface area contributed by atoms with E-state index in [1.807, 2.05) is 0 Å². The molecule has 100 valence electrons. The molecule has 0 aromatic heterocycles. The number of nitrogens with two attached hydrogens (primary N) is 1. The molecule has 0 fully saturated rings. The molecule has 0 saturated carbocycles. The van der Waals surface area contributed by atoms with Gasteiger partial charge in [0.25, 0.3) is 0 Å². The van der Waals surface area contributed by atoms with E-state index >= 15 is 0 Å². The SMILES string of the molecule is NC(Cc1ccc(F)c(Cl)c1)c1c(Cl)cccc1Cl. The van der Waals surface area contributed by atoms with Gasteiger partial charge >= 0.3 is 0 Å². The van der Waals surface area contributed by atoms with E-state index in [0.29, 0.717) is 22.0 Å². The first-order valence-electron chi connectivity index (χ1n) is 5.62. The summed E-state index contributed by atoms with van der Waals surface area (Å²) < 4.78 is 13.1. The summed E-state index contributed by atoms with van der Waals surface area (Å²) in [4.78, 5) is 0. The average Bonchev–Trinajstić information content (AvgIpc) is 2.33. The smallest absolute Gasteiger partial charge is 0.141 e. The molecule has 2 aromatic carbocycles. The Morgan fingerprint density at radius 2 is 1.63 bits per heavy atom. The van der Waals surface area contributed by atoms with Gasteiger partial charge in [-0.15, -0.1) is 0 Å². The summed E-state index contributed by atoms with van der Waals surface area (Å²) in [5.41, 5.74) is 7.63. The molecule has 0 aliphatic rings. The van der Waals surface area contributed by atoms with Crippen molar-refractivity contribution >= 4 is 34.8 Å². The third-order valence-electron chi connectivity index (χ3n) is 2.81. The van der Waals surface area contributed by atoms with Gasteiger partial charge in [-0.25, -0.2) is 4.39 Å². The van der Waals surface area contributed by atoms with Crippen molar-refractivity contribution in [3.8, 4) is 0 Å². The summed E-state index contributed by atoms with van der Waals surface area (Å²) >= 11 is 17.9. The van der Waals surface area contributed by atoms with E-state index in [1.54, 1.807) is 30.3 Å². The quantitative estimate of drug-likeness (QED) is 0.844. The van der Waals surface area contributed by atoms with Gasteiger partial charge in [0.1, 0.15) is 5.82 Å². The molecule has 5 heteroatoms. The fourth-order valence-corrected chi connectivity index (χ4v) is 2.77. The Balaban J connectivity index is 2.25. The van der Waals surface area contributed by atoms with Crippen molar-refractivity contribution in [1.29, 1.82) is 0 Å². The van der Waals surface area contributed by atoms with Crippen LogP contribution in [0, 0.1) is 5.82 Å². The highest BCUT2D eigenvalue weighted by Gasteiger charge is 2.15. The third kappa shape index (κ3) is 3.40. The Morgan fingerprint density at radius 1 is 1.00 bits per heavy atom. The first kappa shape index (κ1) is 14.6. The highest BCUT2D eigenvalue weighted by atomic mass is 35.5. The molecule has 0 aliphatic heterocycles. The maximum absolute atomic E-state index is 13.1. The molecule has 0 radical (unpaired) electrons. The Labute approximate surface area is 126 Å². The van der Waals surface area contributed by atoms with Crippen molar-refractivity contribution < 1.29 is 4.39 Å². The number of hydrogen-bond donors (Lipinski definition) is 1. The topological polar surface area (TPSA) is 26.0 Å². The Morgan fingerprint density at radius 3 is 2.21 bits per heavy atom. The number of halogens is 4. The predicted octanol–water partition coefficient (Wildman–Crippen LogP) is 5.03. The van der Waals surface area contributed by atoms with E-state index in [2.05, 4.69) is 0 Å². The van der Waals surface area contributed by atoms with Crippen molar-refractivity contribution in [2.45, 2.75) is 12.5 Å². The lowest BCUT2D eigenvalue weighted by atomic mass is 9.99. The molecule has 19 heavy (non-hydrogen) atoms. The summed E-state index contributed by atoms with van der Waals surface area (Å²) in [5, 5.41) is 1.12. The van der Waals surface area contributed by atoms with Crippen LogP contribution in [0.2, 0.25) is 15.1 Å². The van der Waals surface area contributed by atoms with Gasteiger partial charge in [0.15, 0.2) is 0 Å². The second-order valence-corrected chi connectivity index (χ2v) is 5.42. The molecule has 1 unspecified atom stereocenters. The average molecular weight is 319 g/mol. The molecule has 2 N–H and O–H groups in total. The minimum atomic E-state index is -0.449. The van der Waals surface area contributed by atoms with Gasteiger partial charge < -0.3 is 5.73 Å². The molecule has 0 bridgehead atoms. The van der Waals surface area contributed by atoms with E-state index in [-0.39, 0.29) is 11.1 Å². The van der Waals surface area contributed by atoms with Crippen molar-refractivity contribution in [2.75, 3.05) is 0 Å². The van der Waals surface area contributed by atoms with Crippen molar-refractivity contribution in [3.05, 3.63) is 68.4 Å². The summed E-state index contributed by atoms with van der Waals surface area (Å²) in [6, 6.07) is 9.38. The van der Waals surface area contributed by atoms with Gasteiger partial charge in [0.05, 0.1) is 5.02 Å². The number of hydrogen-bond acceptors (Lipinski definition) is 1. The third-order valence-corrected chi connectivity index (χ3v) is 3.76. The lowest BCUT2D eigenvalue weighted by Crippen LogP contribution is -2.14. The van der Waals surface area contributed by atoms with Crippen LogP contribution in [-0.2, 0) is 6.42 Å². The molecule has 2 rings (SSSR count). The van der Waals surface area contributed by atoms with E-state index in [1.165, 1.54) is 6.07 Å². The lowest BCUT2D eigenvalue weighted by molar-refractivity contribution is 0.626. The lowest BCUT2D eigenvalue weighted by Gasteiger charge is -2.15. The Hall–Kier alpha value is -0.800. The zero-order chi connectivity index (χ0) is 14.0. The summed E-state index contributed by atoms with van der Waals surface area (Å²) in [5.74, 6) is -0.449. The van der Waals surface area contributed by atoms with Crippen molar-refractivity contribution in [3.63, 3.8) is 0 Å². The summed E-state index contributed by atoms with van der Waals surface area (Å²) in [7, 11) is 0. The van der Waals surface area contributed by atoms with Crippen molar-refractivity contribution in [2.24, 2.45) is 5.73 Å². The fourth-order valence-electron chi connectivity index (χ4n) is 1.89. The zero-order valence-electron chi connectivity index (χ0n) is 9.84. The molecule has 0 spiro atoms. The van der Waals surface area contributed by atoms with Crippen LogP contribution >= 0.6 is 34.8 Å². The maximum atomic E-state index is 13.1. The molecule has 0 heterocycles. The molecule has 2 aromatic rings. The van der Waals surface area contributed by atoms with Gasteiger partial charge in [0, 0.05) is 21.7 Å². The van der Waals surface area contributed by atoms with Crippen LogP contribution in [0.3, 0.4) is 0 Å². The van der Waals surface area contributed by atoms with Gasteiger partial charge in [-0.05, 0) is 36.2 Å². The number of rotatable bonds is 3. The van der Waals surface area contributed by atoms with E-state index in [0.717, 1.165) is 5.56 Å². The summed E-state index contributed by atoms with van der Waals surface area (Å²) in [6.07, 6.45) is 0.476. The normalized spacial score (nSPS) is 12.5.